The highest BCUT2D eigenvalue weighted by Crippen LogP contribution is 2.08. The maximum atomic E-state index is 11.5. The zero-order chi connectivity index (χ0) is 12.4. The second kappa shape index (κ2) is 9.64. The fourth-order valence-electron chi connectivity index (χ4n) is 1.65. The van der Waals surface area contributed by atoms with Crippen LogP contribution in [-0.2, 0) is 9.53 Å². The highest BCUT2D eigenvalue weighted by atomic mass is 16.5. The van der Waals surface area contributed by atoms with E-state index < -0.39 is 0 Å². The summed E-state index contributed by atoms with van der Waals surface area (Å²) < 4.78 is 4.81. The van der Waals surface area contributed by atoms with Gasteiger partial charge in [-0.3, -0.25) is 4.79 Å². The van der Waals surface area contributed by atoms with Crippen LogP contribution in [0.25, 0.3) is 0 Å². The van der Waals surface area contributed by atoms with E-state index in [0.29, 0.717) is 6.04 Å². The molecule has 2 atom stereocenters. The number of methoxy groups -OCH3 is 1. The Morgan fingerprint density at radius 3 is 2.44 bits per heavy atom. The monoisotopic (exact) mass is 229 g/mol. The first-order valence-electron chi connectivity index (χ1n) is 6.49. The van der Waals surface area contributed by atoms with Crippen LogP contribution in [0.1, 0.15) is 59.3 Å². The molecule has 0 aromatic rings. The van der Waals surface area contributed by atoms with Crippen molar-refractivity contribution in [1.82, 2.24) is 5.32 Å². The molecular weight excluding hydrogens is 202 g/mol. The third kappa shape index (κ3) is 6.83. The molecule has 0 aliphatic rings. The predicted octanol–water partition coefficient (Wildman–Crippen LogP) is 2.89. The van der Waals surface area contributed by atoms with Crippen molar-refractivity contribution in [3.8, 4) is 0 Å². The summed E-state index contributed by atoms with van der Waals surface area (Å²) in [6.07, 6.45) is 6.68. The van der Waals surface area contributed by atoms with Crippen molar-refractivity contribution in [2.24, 2.45) is 0 Å². The number of hydrogen-bond acceptors (Lipinski definition) is 3. The Bertz CT molecular complexity index is 183. The maximum absolute atomic E-state index is 11.5. The Morgan fingerprint density at radius 2 is 1.94 bits per heavy atom. The van der Waals surface area contributed by atoms with Gasteiger partial charge in [-0.1, -0.05) is 39.5 Å². The Balaban J connectivity index is 3.95. The molecule has 0 aromatic carbocycles. The van der Waals surface area contributed by atoms with E-state index in [2.05, 4.69) is 26.1 Å². The molecule has 0 fully saturated rings. The summed E-state index contributed by atoms with van der Waals surface area (Å²) in [6, 6.07) is 0.243. The van der Waals surface area contributed by atoms with Crippen molar-refractivity contribution in [2.45, 2.75) is 71.4 Å². The first-order valence-corrected chi connectivity index (χ1v) is 6.49. The summed E-state index contributed by atoms with van der Waals surface area (Å²) >= 11 is 0. The van der Waals surface area contributed by atoms with Gasteiger partial charge in [0.15, 0.2) is 0 Å². The molecule has 0 heterocycles. The van der Waals surface area contributed by atoms with E-state index in [-0.39, 0.29) is 12.0 Å². The lowest BCUT2D eigenvalue weighted by molar-refractivity contribution is -0.143. The number of esters is 1. The molecule has 0 rings (SSSR count). The molecule has 0 saturated carbocycles. The van der Waals surface area contributed by atoms with Gasteiger partial charge in [0.1, 0.15) is 6.04 Å². The van der Waals surface area contributed by atoms with E-state index in [0.717, 1.165) is 19.3 Å². The summed E-state index contributed by atoms with van der Waals surface area (Å²) in [5.41, 5.74) is 0. The van der Waals surface area contributed by atoms with Crippen LogP contribution in [0.3, 0.4) is 0 Å². The van der Waals surface area contributed by atoms with Crippen molar-refractivity contribution in [2.75, 3.05) is 7.11 Å². The number of carbonyl (C=O) groups is 1. The number of hydrogen-bond donors (Lipinski definition) is 1. The second-order valence-electron chi connectivity index (χ2n) is 4.40. The fraction of sp³-hybridized carbons (Fsp3) is 0.923. The standard InChI is InChI=1S/C13H27NO2/c1-5-7-8-9-10-12(13(15)16-4)14-11(3)6-2/h11-12,14H,5-10H2,1-4H3. The van der Waals surface area contributed by atoms with E-state index >= 15 is 0 Å². The van der Waals surface area contributed by atoms with Crippen molar-refractivity contribution < 1.29 is 9.53 Å². The lowest BCUT2D eigenvalue weighted by Crippen LogP contribution is -2.42. The van der Waals surface area contributed by atoms with Gasteiger partial charge in [0, 0.05) is 6.04 Å². The highest BCUT2D eigenvalue weighted by Gasteiger charge is 2.19. The minimum absolute atomic E-state index is 0.128. The third-order valence-corrected chi connectivity index (χ3v) is 2.93. The first-order chi connectivity index (χ1) is 7.65. The van der Waals surface area contributed by atoms with Crippen LogP contribution in [0.15, 0.2) is 0 Å². The molecule has 0 saturated heterocycles. The van der Waals surface area contributed by atoms with Crippen molar-refractivity contribution >= 4 is 5.97 Å². The van der Waals surface area contributed by atoms with Gasteiger partial charge in [0.25, 0.3) is 0 Å². The number of unbranched alkanes of at least 4 members (excludes halogenated alkanes) is 3. The quantitative estimate of drug-likeness (QED) is 0.488. The molecule has 96 valence electrons. The SMILES string of the molecule is CCCCCCC(NC(C)CC)C(=O)OC. The number of ether oxygens (including phenoxy) is 1. The molecule has 3 nitrogen and oxygen atoms in total. The molecular formula is C13H27NO2. The molecule has 0 spiro atoms. The van der Waals surface area contributed by atoms with E-state index in [9.17, 15) is 4.79 Å². The normalized spacial score (nSPS) is 14.5. The van der Waals surface area contributed by atoms with Gasteiger partial charge in [-0.2, -0.15) is 0 Å². The maximum Gasteiger partial charge on any atom is 0.322 e. The molecule has 0 aliphatic heterocycles. The average molecular weight is 229 g/mol. The van der Waals surface area contributed by atoms with Crippen LogP contribution in [0.4, 0.5) is 0 Å². The molecule has 0 aromatic heterocycles. The minimum Gasteiger partial charge on any atom is -0.468 e. The molecule has 1 N–H and O–H groups in total. The van der Waals surface area contributed by atoms with Gasteiger partial charge >= 0.3 is 5.97 Å². The number of rotatable bonds is 9. The van der Waals surface area contributed by atoms with Gasteiger partial charge < -0.3 is 10.1 Å². The first kappa shape index (κ1) is 15.4. The Labute approximate surface area is 99.9 Å². The smallest absolute Gasteiger partial charge is 0.322 e. The van der Waals surface area contributed by atoms with Crippen LogP contribution in [0, 0.1) is 0 Å². The molecule has 0 bridgehead atoms. The van der Waals surface area contributed by atoms with Gasteiger partial charge in [-0.05, 0) is 19.8 Å². The number of carbonyl (C=O) groups excluding carboxylic acids is 1. The fourth-order valence-corrected chi connectivity index (χ4v) is 1.65. The summed E-state index contributed by atoms with van der Waals surface area (Å²) in [6.45, 7) is 6.40. The molecule has 3 heteroatoms. The molecule has 0 radical (unpaired) electrons. The largest absolute Gasteiger partial charge is 0.468 e. The van der Waals surface area contributed by atoms with Gasteiger partial charge in [0.2, 0.25) is 0 Å². The second-order valence-corrected chi connectivity index (χ2v) is 4.40. The average Bonchev–Trinajstić information content (AvgIpc) is 2.31. The summed E-state index contributed by atoms with van der Waals surface area (Å²) in [5, 5.41) is 3.32. The molecule has 0 amide bonds. The van der Waals surface area contributed by atoms with Crippen LogP contribution >= 0.6 is 0 Å². The zero-order valence-corrected chi connectivity index (χ0v) is 11.2. The topological polar surface area (TPSA) is 38.3 Å². The van der Waals surface area contributed by atoms with E-state index in [1.165, 1.54) is 26.4 Å². The van der Waals surface area contributed by atoms with Crippen LogP contribution in [0.2, 0.25) is 0 Å². The summed E-state index contributed by atoms with van der Waals surface area (Å²) in [5.74, 6) is -0.128. The highest BCUT2D eigenvalue weighted by molar-refractivity contribution is 5.75. The lowest BCUT2D eigenvalue weighted by atomic mass is 10.1. The Kier molecular flexibility index (Phi) is 9.30. The van der Waals surface area contributed by atoms with Crippen molar-refractivity contribution in [3.05, 3.63) is 0 Å². The number of nitrogens with one attached hydrogen (secondary N) is 1. The van der Waals surface area contributed by atoms with Gasteiger partial charge in [-0.15, -0.1) is 0 Å². The minimum atomic E-state index is -0.128. The van der Waals surface area contributed by atoms with E-state index in [4.69, 9.17) is 4.74 Å². The van der Waals surface area contributed by atoms with Gasteiger partial charge in [-0.25, -0.2) is 0 Å². The molecule has 16 heavy (non-hydrogen) atoms. The Hall–Kier alpha value is -0.570. The van der Waals surface area contributed by atoms with Crippen molar-refractivity contribution in [1.29, 1.82) is 0 Å². The van der Waals surface area contributed by atoms with Crippen LogP contribution in [-0.4, -0.2) is 25.2 Å². The van der Waals surface area contributed by atoms with Gasteiger partial charge in [0.05, 0.1) is 7.11 Å². The predicted molar refractivity (Wildman–Crippen MR) is 67.5 cm³/mol. The third-order valence-electron chi connectivity index (χ3n) is 2.93. The summed E-state index contributed by atoms with van der Waals surface area (Å²) in [4.78, 5) is 11.5. The van der Waals surface area contributed by atoms with E-state index in [1.807, 2.05) is 0 Å². The van der Waals surface area contributed by atoms with Crippen LogP contribution < -0.4 is 5.32 Å². The van der Waals surface area contributed by atoms with Crippen LogP contribution in [0.5, 0.6) is 0 Å². The van der Waals surface area contributed by atoms with Crippen molar-refractivity contribution in [3.63, 3.8) is 0 Å². The molecule has 2 unspecified atom stereocenters. The zero-order valence-electron chi connectivity index (χ0n) is 11.2. The molecule has 0 aliphatic carbocycles. The van der Waals surface area contributed by atoms with E-state index in [1.54, 1.807) is 0 Å². The summed E-state index contributed by atoms with van der Waals surface area (Å²) in [7, 11) is 1.46. The lowest BCUT2D eigenvalue weighted by Gasteiger charge is -2.20. The Morgan fingerprint density at radius 1 is 1.25 bits per heavy atom.